The van der Waals surface area contributed by atoms with E-state index in [1.54, 1.807) is 0 Å². The third kappa shape index (κ3) is 4.77. The summed E-state index contributed by atoms with van der Waals surface area (Å²) >= 11 is 0. The van der Waals surface area contributed by atoms with Crippen molar-refractivity contribution in [2.45, 2.75) is 33.8 Å². The largest absolute Gasteiger partial charge is 0.363 e. The lowest BCUT2D eigenvalue weighted by molar-refractivity contribution is -0.00209. The quantitative estimate of drug-likeness (QED) is 0.546. The van der Waals surface area contributed by atoms with Gasteiger partial charge in [0.25, 0.3) is 0 Å². The van der Waals surface area contributed by atoms with Crippen LogP contribution in [0, 0.1) is 0 Å². The maximum atomic E-state index is 5.41. The van der Waals surface area contributed by atoms with Crippen molar-refractivity contribution in [1.82, 2.24) is 4.90 Å². The molecule has 0 aliphatic heterocycles. The second kappa shape index (κ2) is 5.69. The average Bonchev–Trinajstić information content (AvgIpc) is 1.90. The Morgan fingerprint density at radius 1 is 1.20 bits per heavy atom. The van der Waals surface area contributed by atoms with E-state index in [-0.39, 0.29) is 0 Å². The van der Waals surface area contributed by atoms with Crippen LogP contribution in [0.3, 0.4) is 0 Å². The maximum absolute atomic E-state index is 5.41. The van der Waals surface area contributed by atoms with Crippen LogP contribution in [0.1, 0.15) is 27.7 Å². The lowest BCUT2D eigenvalue weighted by Gasteiger charge is -2.19. The molecule has 0 bridgehead atoms. The van der Waals surface area contributed by atoms with Crippen molar-refractivity contribution in [3.05, 3.63) is 0 Å². The monoisotopic (exact) mass is 145 g/mol. The summed E-state index contributed by atoms with van der Waals surface area (Å²) in [5, 5.41) is 0. The second-order valence-electron chi connectivity index (χ2n) is 2.65. The van der Waals surface area contributed by atoms with Crippen LogP contribution in [0.2, 0.25) is 0 Å². The van der Waals surface area contributed by atoms with Gasteiger partial charge < -0.3 is 4.74 Å². The molecule has 2 heteroatoms. The van der Waals surface area contributed by atoms with Crippen LogP contribution in [0.25, 0.3) is 0 Å². The molecule has 0 N–H and O–H groups in total. The fraction of sp³-hybridized carbons (Fsp3) is 1.00. The highest BCUT2D eigenvalue weighted by Crippen LogP contribution is 1.92. The number of hydrogen-bond acceptors (Lipinski definition) is 2. The van der Waals surface area contributed by atoms with E-state index in [2.05, 4.69) is 32.6 Å². The molecule has 62 valence electrons. The molecule has 0 atom stereocenters. The Morgan fingerprint density at radius 3 is 2.00 bits per heavy atom. The van der Waals surface area contributed by atoms with Gasteiger partial charge in [0.2, 0.25) is 0 Å². The van der Waals surface area contributed by atoms with Crippen LogP contribution in [0.15, 0.2) is 0 Å². The van der Waals surface area contributed by atoms with Crippen molar-refractivity contribution < 1.29 is 4.74 Å². The van der Waals surface area contributed by atoms with Crippen molar-refractivity contribution in [1.29, 1.82) is 0 Å². The minimum Gasteiger partial charge on any atom is -0.363 e. The lowest BCUT2D eigenvalue weighted by Crippen LogP contribution is -2.27. The van der Waals surface area contributed by atoms with Gasteiger partial charge in [0, 0.05) is 0 Å². The molecule has 0 saturated carbocycles. The first-order valence-corrected chi connectivity index (χ1v) is 4.04. The minimum atomic E-state index is 0.348. The molecule has 0 aromatic carbocycles. The van der Waals surface area contributed by atoms with Gasteiger partial charge in [-0.1, -0.05) is 13.8 Å². The zero-order valence-electron chi connectivity index (χ0n) is 7.55. The molecule has 0 fully saturated rings. The van der Waals surface area contributed by atoms with E-state index in [0.29, 0.717) is 6.10 Å². The third-order valence-corrected chi connectivity index (χ3v) is 1.48. The standard InChI is InChI=1S/C8H19NO/c1-5-9(6-2)7-10-8(3)4/h8H,5-7H2,1-4H3. The summed E-state index contributed by atoms with van der Waals surface area (Å²) in [5.41, 5.74) is 0. The first-order chi connectivity index (χ1) is 4.70. The van der Waals surface area contributed by atoms with Crippen LogP contribution < -0.4 is 0 Å². The zero-order chi connectivity index (χ0) is 7.98. The second-order valence-corrected chi connectivity index (χ2v) is 2.65. The van der Waals surface area contributed by atoms with E-state index in [9.17, 15) is 0 Å². The van der Waals surface area contributed by atoms with Gasteiger partial charge in [-0.25, -0.2) is 0 Å². The van der Waals surface area contributed by atoms with Crippen LogP contribution in [0.4, 0.5) is 0 Å². The Kier molecular flexibility index (Phi) is 5.64. The Bertz CT molecular complexity index is 69.7. The molecule has 0 heterocycles. The predicted octanol–water partition coefficient (Wildman–Crippen LogP) is 1.71. The Hall–Kier alpha value is -0.0800. The summed E-state index contributed by atoms with van der Waals surface area (Å²) in [6, 6.07) is 0. The third-order valence-electron chi connectivity index (χ3n) is 1.48. The Morgan fingerprint density at radius 2 is 1.70 bits per heavy atom. The predicted molar refractivity (Wildman–Crippen MR) is 44.0 cm³/mol. The SMILES string of the molecule is CCN(CC)COC(C)C. The van der Waals surface area contributed by atoms with Gasteiger partial charge in [0.1, 0.15) is 0 Å². The molecule has 0 amide bonds. The highest BCUT2D eigenvalue weighted by molar-refractivity contribution is 4.44. The van der Waals surface area contributed by atoms with Crippen molar-refractivity contribution in [2.75, 3.05) is 19.8 Å². The molecule has 0 aliphatic rings. The van der Waals surface area contributed by atoms with Crippen LogP contribution in [0.5, 0.6) is 0 Å². The number of hydrogen-bond donors (Lipinski definition) is 0. The first-order valence-electron chi connectivity index (χ1n) is 4.04. The molecule has 0 spiro atoms. The normalized spacial score (nSPS) is 11.4. The molecule has 10 heavy (non-hydrogen) atoms. The summed E-state index contributed by atoms with van der Waals surface area (Å²) in [6.07, 6.45) is 0.348. The molecular weight excluding hydrogens is 126 g/mol. The molecule has 0 aliphatic carbocycles. The molecule has 2 nitrogen and oxygen atoms in total. The topological polar surface area (TPSA) is 12.5 Å². The van der Waals surface area contributed by atoms with Crippen LogP contribution in [-0.4, -0.2) is 30.8 Å². The molecule has 0 aromatic rings. The zero-order valence-corrected chi connectivity index (χ0v) is 7.55. The molecule has 0 saturated heterocycles. The fourth-order valence-electron chi connectivity index (χ4n) is 0.661. The van der Waals surface area contributed by atoms with Crippen LogP contribution >= 0.6 is 0 Å². The molecular formula is C8H19NO. The van der Waals surface area contributed by atoms with E-state index >= 15 is 0 Å². The average molecular weight is 145 g/mol. The van der Waals surface area contributed by atoms with Gasteiger partial charge in [0.15, 0.2) is 0 Å². The number of rotatable bonds is 5. The smallest absolute Gasteiger partial charge is 0.0993 e. The maximum Gasteiger partial charge on any atom is 0.0993 e. The van der Waals surface area contributed by atoms with E-state index in [1.807, 2.05) is 0 Å². The van der Waals surface area contributed by atoms with Gasteiger partial charge in [-0.3, -0.25) is 4.90 Å². The van der Waals surface area contributed by atoms with Crippen molar-refractivity contribution in [2.24, 2.45) is 0 Å². The first kappa shape index (κ1) is 9.92. The highest BCUT2D eigenvalue weighted by atomic mass is 16.5. The molecule has 0 rings (SSSR count). The van der Waals surface area contributed by atoms with E-state index < -0.39 is 0 Å². The van der Waals surface area contributed by atoms with Gasteiger partial charge in [0.05, 0.1) is 12.8 Å². The molecule has 0 unspecified atom stereocenters. The van der Waals surface area contributed by atoms with Crippen LogP contribution in [-0.2, 0) is 4.74 Å². The van der Waals surface area contributed by atoms with Gasteiger partial charge in [-0.15, -0.1) is 0 Å². The van der Waals surface area contributed by atoms with E-state index in [0.717, 1.165) is 19.8 Å². The van der Waals surface area contributed by atoms with Crippen molar-refractivity contribution in [3.8, 4) is 0 Å². The highest BCUT2D eigenvalue weighted by Gasteiger charge is 1.98. The van der Waals surface area contributed by atoms with Gasteiger partial charge >= 0.3 is 0 Å². The van der Waals surface area contributed by atoms with E-state index in [4.69, 9.17) is 4.74 Å². The number of nitrogens with zero attached hydrogens (tertiary/aromatic N) is 1. The number of ether oxygens (including phenoxy) is 1. The van der Waals surface area contributed by atoms with Crippen molar-refractivity contribution in [3.63, 3.8) is 0 Å². The summed E-state index contributed by atoms with van der Waals surface area (Å²) < 4.78 is 5.41. The summed E-state index contributed by atoms with van der Waals surface area (Å²) in [7, 11) is 0. The van der Waals surface area contributed by atoms with Crippen molar-refractivity contribution >= 4 is 0 Å². The summed E-state index contributed by atoms with van der Waals surface area (Å²) in [6.45, 7) is 11.3. The fourth-order valence-corrected chi connectivity index (χ4v) is 0.661. The Balaban J connectivity index is 3.26. The van der Waals surface area contributed by atoms with Gasteiger partial charge in [-0.05, 0) is 26.9 Å². The summed E-state index contributed by atoms with van der Waals surface area (Å²) in [5.74, 6) is 0. The minimum absolute atomic E-state index is 0.348. The Labute approximate surface area is 64.2 Å². The van der Waals surface area contributed by atoms with E-state index in [1.165, 1.54) is 0 Å². The molecule has 0 aromatic heterocycles. The van der Waals surface area contributed by atoms with Gasteiger partial charge in [-0.2, -0.15) is 0 Å². The lowest BCUT2D eigenvalue weighted by atomic mass is 10.5. The summed E-state index contributed by atoms with van der Waals surface area (Å²) in [4.78, 5) is 2.25. The molecule has 0 radical (unpaired) electrons.